The average Bonchev–Trinajstić information content (AvgIpc) is 3.55. The zero-order valence-electron chi connectivity index (χ0n) is 19.9. The summed E-state index contributed by atoms with van der Waals surface area (Å²) in [4.78, 5) is 24.3. The number of aromatic nitrogens is 3. The number of nitrogens with two attached hydrogens (primary N) is 1. The molecular formula is C26H31N5O3S. The minimum atomic E-state index is -0.542. The number of rotatable bonds is 11. The molecule has 3 N–H and O–H groups in total. The van der Waals surface area contributed by atoms with Crippen molar-refractivity contribution in [2.75, 3.05) is 12.8 Å². The van der Waals surface area contributed by atoms with Crippen LogP contribution in [0.25, 0.3) is 0 Å². The molecule has 1 aromatic heterocycles. The molecule has 1 fully saturated rings. The third-order valence-corrected chi connectivity index (χ3v) is 6.85. The number of hydrogen-bond donors (Lipinski definition) is 2. The summed E-state index contributed by atoms with van der Waals surface area (Å²) in [5.74, 6) is 0.752. The molecule has 8 nitrogen and oxygen atoms in total. The normalized spacial score (nSPS) is 13.6. The van der Waals surface area contributed by atoms with Crippen LogP contribution in [0.5, 0.6) is 5.75 Å². The molecule has 1 saturated carbocycles. The van der Waals surface area contributed by atoms with Crippen LogP contribution in [0.4, 0.5) is 0 Å². The first-order valence-corrected chi connectivity index (χ1v) is 13.2. The fraction of sp³-hybridized carbons (Fsp3) is 0.385. The fourth-order valence-electron chi connectivity index (χ4n) is 4.46. The lowest BCUT2D eigenvalue weighted by atomic mass is 10.1. The number of ether oxygens (including phenoxy) is 1. The second-order valence-corrected chi connectivity index (χ2v) is 9.39. The monoisotopic (exact) mass is 493 g/mol. The predicted octanol–water partition coefficient (Wildman–Crippen LogP) is 4.16. The van der Waals surface area contributed by atoms with E-state index in [9.17, 15) is 9.59 Å². The smallest absolute Gasteiger partial charge is 0.252 e. The van der Waals surface area contributed by atoms with Gasteiger partial charge in [0.2, 0.25) is 0 Å². The van der Waals surface area contributed by atoms with Crippen molar-refractivity contribution in [3.8, 4) is 5.75 Å². The van der Waals surface area contributed by atoms with Gasteiger partial charge in [-0.25, -0.2) is 0 Å². The van der Waals surface area contributed by atoms with E-state index in [1.54, 1.807) is 48.2 Å². The van der Waals surface area contributed by atoms with Crippen LogP contribution in [0.3, 0.4) is 0 Å². The summed E-state index contributed by atoms with van der Waals surface area (Å²) in [6.07, 6.45) is 8.49. The molecule has 0 atom stereocenters. The van der Waals surface area contributed by atoms with Crippen molar-refractivity contribution in [3.05, 3.63) is 71.0 Å². The van der Waals surface area contributed by atoms with E-state index in [4.69, 9.17) is 10.5 Å². The largest absolute Gasteiger partial charge is 0.488 e. The Morgan fingerprint density at radius 2 is 1.94 bits per heavy atom. The minimum absolute atomic E-state index is 0.133. The van der Waals surface area contributed by atoms with Crippen molar-refractivity contribution < 1.29 is 14.3 Å². The molecular weight excluding hydrogens is 462 g/mol. The van der Waals surface area contributed by atoms with Gasteiger partial charge in [0.05, 0.1) is 5.56 Å². The van der Waals surface area contributed by atoms with E-state index in [0.717, 1.165) is 29.4 Å². The maximum Gasteiger partial charge on any atom is 0.252 e. The number of nitrogens with one attached hydrogen (secondary N) is 1. The zero-order chi connectivity index (χ0) is 24.6. The van der Waals surface area contributed by atoms with Crippen molar-refractivity contribution in [3.63, 3.8) is 0 Å². The first-order valence-electron chi connectivity index (χ1n) is 11.9. The fourth-order valence-corrected chi connectivity index (χ4v) is 5.03. The lowest BCUT2D eigenvalue weighted by Crippen LogP contribution is -2.25. The van der Waals surface area contributed by atoms with Gasteiger partial charge >= 0.3 is 0 Å². The summed E-state index contributed by atoms with van der Waals surface area (Å²) < 4.78 is 8.09. The van der Waals surface area contributed by atoms with Crippen LogP contribution in [-0.2, 0) is 13.0 Å². The van der Waals surface area contributed by atoms with Crippen LogP contribution < -0.4 is 15.8 Å². The summed E-state index contributed by atoms with van der Waals surface area (Å²) in [6, 6.07) is 14.6. The van der Waals surface area contributed by atoms with Crippen molar-refractivity contribution >= 4 is 23.6 Å². The van der Waals surface area contributed by atoms with Crippen LogP contribution in [0.15, 0.2) is 53.7 Å². The summed E-state index contributed by atoms with van der Waals surface area (Å²) in [5, 5.41) is 12.8. The molecule has 0 unspecified atom stereocenters. The molecule has 0 spiro atoms. The topological polar surface area (TPSA) is 112 Å². The SMILES string of the molecule is CSc1nnc(CCCNC(=O)c2cccc(COc3ccccc3C(N)=O)c2)n1C1CCCC1. The van der Waals surface area contributed by atoms with E-state index in [0.29, 0.717) is 29.5 Å². The molecule has 9 heteroatoms. The van der Waals surface area contributed by atoms with Crippen LogP contribution in [0, 0.1) is 0 Å². The number of benzene rings is 2. The van der Waals surface area contributed by atoms with E-state index in [1.807, 2.05) is 18.4 Å². The van der Waals surface area contributed by atoms with Gasteiger partial charge in [-0.2, -0.15) is 0 Å². The molecule has 0 bridgehead atoms. The highest BCUT2D eigenvalue weighted by Crippen LogP contribution is 2.33. The zero-order valence-corrected chi connectivity index (χ0v) is 20.7. The Hall–Kier alpha value is -3.33. The van der Waals surface area contributed by atoms with Gasteiger partial charge < -0.3 is 20.4 Å². The molecule has 0 saturated heterocycles. The molecule has 0 aliphatic heterocycles. The van der Waals surface area contributed by atoms with Crippen molar-refractivity contribution in [1.29, 1.82) is 0 Å². The first-order chi connectivity index (χ1) is 17.1. The van der Waals surface area contributed by atoms with E-state index >= 15 is 0 Å². The molecule has 3 aromatic rings. The van der Waals surface area contributed by atoms with Crippen molar-refractivity contribution in [1.82, 2.24) is 20.1 Å². The molecule has 1 aliphatic rings. The van der Waals surface area contributed by atoms with Gasteiger partial charge in [0.1, 0.15) is 18.2 Å². The van der Waals surface area contributed by atoms with E-state index < -0.39 is 5.91 Å². The van der Waals surface area contributed by atoms with E-state index in [-0.39, 0.29) is 12.5 Å². The predicted molar refractivity (Wildman–Crippen MR) is 136 cm³/mol. The maximum absolute atomic E-state index is 12.7. The Balaban J connectivity index is 1.29. The molecule has 2 aromatic carbocycles. The number of primary amides is 1. The number of carbonyl (C=O) groups excluding carboxylic acids is 2. The van der Waals surface area contributed by atoms with Gasteiger partial charge in [0.15, 0.2) is 5.16 Å². The van der Waals surface area contributed by atoms with Crippen LogP contribution in [0.1, 0.15) is 70.2 Å². The number of hydrogen-bond acceptors (Lipinski definition) is 6. The van der Waals surface area contributed by atoms with Crippen molar-refractivity contribution in [2.24, 2.45) is 5.73 Å². The Kier molecular flexibility index (Phi) is 8.41. The second-order valence-electron chi connectivity index (χ2n) is 8.62. The van der Waals surface area contributed by atoms with Gasteiger partial charge in [-0.3, -0.25) is 9.59 Å². The number of para-hydroxylation sites is 1. The third kappa shape index (κ3) is 6.22. The minimum Gasteiger partial charge on any atom is -0.488 e. The first kappa shape index (κ1) is 24.8. The number of amides is 2. The maximum atomic E-state index is 12.7. The van der Waals surface area contributed by atoms with Gasteiger partial charge in [-0.15, -0.1) is 10.2 Å². The molecule has 2 amide bonds. The van der Waals surface area contributed by atoms with Crippen molar-refractivity contribution in [2.45, 2.75) is 56.3 Å². The van der Waals surface area contributed by atoms with Crippen LogP contribution in [0.2, 0.25) is 0 Å². The highest BCUT2D eigenvalue weighted by Gasteiger charge is 2.23. The molecule has 1 aliphatic carbocycles. The number of aryl methyl sites for hydroxylation is 1. The lowest BCUT2D eigenvalue weighted by Gasteiger charge is -2.16. The summed E-state index contributed by atoms with van der Waals surface area (Å²) in [6.45, 7) is 0.775. The summed E-state index contributed by atoms with van der Waals surface area (Å²) in [5.41, 5.74) is 7.13. The Bertz CT molecular complexity index is 1170. The quantitative estimate of drug-likeness (QED) is 0.306. The third-order valence-electron chi connectivity index (χ3n) is 6.21. The van der Waals surface area contributed by atoms with Crippen LogP contribution in [-0.4, -0.2) is 39.4 Å². The van der Waals surface area contributed by atoms with E-state index in [1.165, 1.54) is 25.7 Å². The molecule has 1 heterocycles. The van der Waals surface area contributed by atoms with Gasteiger partial charge in [0.25, 0.3) is 11.8 Å². The van der Waals surface area contributed by atoms with E-state index in [2.05, 4.69) is 20.1 Å². The molecule has 35 heavy (non-hydrogen) atoms. The number of carbonyl (C=O) groups is 2. The highest BCUT2D eigenvalue weighted by molar-refractivity contribution is 7.98. The van der Waals surface area contributed by atoms with Gasteiger partial charge in [-0.1, -0.05) is 48.9 Å². The lowest BCUT2D eigenvalue weighted by molar-refractivity contribution is 0.0951. The molecule has 184 valence electrons. The standard InChI is InChI=1S/C26H31N5O3S/c1-35-26-30-29-23(31(26)20-10-2-3-11-20)14-7-15-28-25(33)19-9-6-8-18(16-19)17-34-22-13-5-4-12-21(22)24(27)32/h4-6,8-9,12-13,16,20H,2-3,7,10-11,14-15,17H2,1H3,(H2,27,32)(H,28,33). The average molecular weight is 494 g/mol. The van der Waals surface area contributed by atoms with Gasteiger partial charge in [0, 0.05) is 24.6 Å². The number of thioether (sulfide) groups is 1. The highest BCUT2D eigenvalue weighted by atomic mass is 32.2. The molecule has 0 radical (unpaired) electrons. The summed E-state index contributed by atoms with van der Waals surface area (Å²) in [7, 11) is 0. The Morgan fingerprint density at radius 3 is 2.71 bits per heavy atom. The second kappa shape index (κ2) is 11.9. The Labute approximate surface area is 209 Å². The number of nitrogens with zero attached hydrogens (tertiary/aromatic N) is 3. The summed E-state index contributed by atoms with van der Waals surface area (Å²) >= 11 is 1.64. The van der Waals surface area contributed by atoms with Gasteiger partial charge in [-0.05, 0) is 55.3 Å². The molecule has 4 rings (SSSR count). The Morgan fingerprint density at radius 1 is 1.14 bits per heavy atom. The van der Waals surface area contributed by atoms with Crippen LogP contribution >= 0.6 is 11.8 Å².